The lowest BCUT2D eigenvalue weighted by Crippen LogP contribution is -2.36. The number of aryl methyl sites for hydroxylation is 2. The molecule has 0 radical (unpaired) electrons. The Hall–Kier alpha value is -1.35. The predicted molar refractivity (Wildman–Crippen MR) is 104 cm³/mol. The molecule has 8 heteroatoms. The number of hydrogen-bond acceptors (Lipinski definition) is 3. The molecule has 0 saturated carbocycles. The fraction of sp³-hybridized carbons (Fsp3) is 0.400. The van der Waals surface area contributed by atoms with Gasteiger partial charge in [-0.15, -0.1) is 24.0 Å². The number of guanidine groups is 1. The topological polar surface area (TPSA) is 67.1 Å². The van der Waals surface area contributed by atoms with Gasteiger partial charge in [0.2, 0.25) is 0 Å². The summed E-state index contributed by atoms with van der Waals surface area (Å²) in [6.07, 6.45) is 1.75. The van der Waals surface area contributed by atoms with Crippen molar-refractivity contribution in [2.24, 2.45) is 12.0 Å². The van der Waals surface area contributed by atoms with Crippen molar-refractivity contribution < 1.29 is 0 Å². The van der Waals surface area contributed by atoms with Crippen LogP contribution in [0, 0.1) is 13.8 Å². The van der Waals surface area contributed by atoms with Crippen LogP contribution in [0.3, 0.4) is 0 Å². The van der Waals surface area contributed by atoms with Crippen LogP contribution in [-0.4, -0.2) is 27.8 Å². The Labute approximate surface area is 158 Å². The zero-order chi connectivity index (χ0) is 16.1. The van der Waals surface area contributed by atoms with Crippen LogP contribution in [0.2, 0.25) is 5.15 Å². The van der Waals surface area contributed by atoms with E-state index < -0.39 is 0 Å². The molecule has 0 fully saturated rings. The van der Waals surface area contributed by atoms with Crippen molar-refractivity contribution in [1.82, 2.24) is 25.4 Å². The Kier molecular flexibility index (Phi) is 7.77. The third-order valence-electron chi connectivity index (χ3n) is 3.56. The Morgan fingerprint density at radius 1 is 1.26 bits per heavy atom. The van der Waals surface area contributed by atoms with Gasteiger partial charge in [-0.2, -0.15) is 5.10 Å². The van der Waals surface area contributed by atoms with Gasteiger partial charge in [-0.25, -0.2) is 4.98 Å². The van der Waals surface area contributed by atoms with Gasteiger partial charge < -0.3 is 10.6 Å². The smallest absolute Gasteiger partial charge is 0.191 e. The summed E-state index contributed by atoms with van der Waals surface area (Å²) in [6, 6.07) is 3.71. The van der Waals surface area contributed by atoms with Gasteiger partial charge in [0, 0.05) is 44.6 Å². The molecule has 0 atom stereocenters. The number of nitrogens with zero attached hydrogens (tertiary/aromatic N) is 4. The van der Waals surface area contributed by atoms with Gasteiger partial charge in [0.15, 0.2) is 5.96 Å². The molecule has 0 unspecified atom stereocenters. The van der Waals surface area contributed by atoms with Crippen molar-refractivity contribution in [3.05, 3.63) is 46.0 Å². The van der Waals surface area contributed by atoms with Crippen LogP contribution in [0.5, 0.6) is 0 Å². The van der Waals surface area contributed by atoms with Crippen LogP contribution in [0.15, 0.2) is 23.3 Å². The van der Waals surface area contributed by atoms with E-state index in [4.69, 9.17) is 11.6 Å². The molecule has 0 aliphatic carbocycles. The number of pyridine rings is 1. The van der Waals surface area contributed by atoms with Crippen molar-refractivity contribution >= 4 is 41.5 Å². The van der Waals surface area contributed by atoms with Crippen LogP contribution in [-0.2, 0) is 20.1 Å². The molecule has 2 N–H and O–H groups in total. The number of aromatic nitrogens is 3. The fourth-order valence-corrected chi connectivity index (χ4v) is 2.27. The van der Waals surface area contributed by atoms with Gasteiger partial charge in [-0.3, -0.25) is 9.67 Å². The summed E-state index contributed by atoms with van der Waals surface area (Å²) in [4.78, 5) is 8.28. The third-order valence-corrected chi connectivity index (χ3v) is 3.79. The van der Waals surface area contributed by atoms with Gasteiger partial charge in [0.25, 0.3) is 0 Å². The minimum Gasteiger partial charge on any atom is -0.352 e. The van der Waals surface area contributed by atoms with E-state index in [2.05, 4.69) is 32.6 Å². The zero-order valence-corrected chi connectivity index (χ0v) is 16.8. The summed E-state index contributed by atoms with van der Waals surface area (Å²) < 4.78 is 1.89. The molecule has 0 aliphatic heterocycles. The summed E-state index contributed by atoms with van der Waals surface area (Å²) in [5.41, 5.74) is 4.42. The van der Waals surface area contributed by atoms with E-state index in [1.807, 2.05) is 24.7 Å². The van der Waals surface area contributed by atoms with Crippen molar-refractivity contribution in [3.8, 4) is 0 Å². The highest BCUT2D eigenvalue weighted by molar-refractivity contribution is 14.0. The van der Waals surface area contributed by atoms with Crippen molar-refractivity contribution in [3.63, 3.8) is 0 Å². The molecule has 0 aromatic carbocycles. The lowest BCUT2D eigenvalue weighted by molar-refractivity contribution is 0.728. The quantitative estimate of drug-likeness (QED) is 0.326. The molecule has 2 rings (SSSR count). The molecule has 6 nitrogen and oxygen atoms in total. The molecule has 2 aromatic heterocycles. The van der Waals surface area contributed by atoms with E-state index in [-0.39, 0.29) is 24.0 Å². The van der Waals surface area contributed by atoms with Gasteiger partial charge >= 0.3 is 0 Å². The largest absolute Gasteiger partial charge is 0.352 e. The van der Waals surface area contributed by atoms with Gasteiger partial charge in [0.1, 0.15) is 5.15 Å². The number of nitrogens with one attached hydrogen (secondary N) is 2. The normalized spacial score (nSPS) is 11.1. The number of halogens is 2. The number of aliphatic imine (C=N–C) groups is 1. The predicted octanol–water partition coefficient (Wildman–Crippen LogP) is 2.57. The second-order valence-electron chi connectivity index (χ2n) is 5.04. The highest BCUT2D eigenvalue weighted by Crippen LogP contribution is 2.11. The molecule has 2 heterocycles. The first-order valence-electron chi connectivity index (χ1n) is 7.05. The minimum absolute atomic E-state index is 0. The first kappa shape index (κ1) is 19.7. The summed E-state index contributed by atoms with van der Waals surface area (Å²) in [5.74, 6) is 0.734. The van der Waals surface area contributed by atoms with E-state index in [0.29, 0.717) is 18.2 Å². The van der Waals surface area contributed by atoms with E-state index >= 15 is 0 Å². The molecule has 0 bridgehead atoms. The van der Waals surface area contributed by atoms with Gasteiger partial charge in [-0.05, 0) is 25.5 Å². The first-order chi connectivity index (χ1) is 10.5. The summed E-state index contributed by atoms with van der Waals surface area (Å²) in [5, 5.41) is 11.5. The standard InChI is InChI=1S/C15H21ClN6.HI/c1-10-13(11(2)22(4)21-10)9-20-15(17-3)19-8-12-5-6-14(16)18-7-12;/h5-7H,8-9H2,1-4H3,(H2,17,19,20);1H. The molecule has 0 saturated heterocycles. The van der Waals surface area contributed by atoms with E-state index in [1.54, 1.807) is 19.3 Å². The Bertz CT molecular complexity index is 665. The Morgan fingerprint density at radius 3 is 2.48 bits per heavy atom. The summed E-state index contributed by atoms with van der Waals surface area (Å²) >= 11 is 5.78. The molecule has 0 amide bonds. The van der Waals surface area contributed by atoms with Crippen LogP contribution >= 0.6 is 35.6 Å². The maximum atomic E-state index is 5.78. The zero-order valence-electron chi connectivity index (χ0n) is 13.7. The molecule has 2 aromatic rings. The minimum atomic E-state index is 0. The van der Waals surface area contributed by atoms with E-state index in [9.17, 15) is 0 Å². The SMILES string of the molecule is CN=C(NCc1ccc(Cl)nc1)NCc1c(C)nn(C)c1C.I. The van der Waals surface area contributed by atoms with Crippen molar-refractivity contribution in [1.29, 1.82) is 0 Å². The van der Waals surface area contributed by atoms with Crippen LogP contribution < -0.4 is 10.6 Å². The van der Waals surface area contributed by atoms with Crippen LogP contribution in [0.4, 0.5) is 0 Å². The summed E-state index contributed by atoms with van der Waals surface area (Å²) in [7, 11) is 3.70. The molecular weight excluding hydrogens is 427 g/mol. The molecule has 126 valence electrons. The Morgan fingerprint density at radius 2 is 1.96 bits per heavy atom. The number of hydrogen-bond donors (Lipinski definition) is 2. The average molecular weight is 449 g/mol. The first-order valence-corrected chi connectivity index (χ1v) is 7.43. The molecule has 0 spiro atoms. The molecular formula is C15H22ClIN6. The Balaban J connectivity index is 0.00000264. The maximum Gasteiger partial charge on any atom is 0.191 e. The highest BCUT2D eigenvalue weighted by Gasteiger charge is 2.09. The van der Waals surface area contributed by atoms with E-state index in [1.165, 1.54) is 5.56 Å². The highest BCUT2D eigenvalue weighted by atomic mass is 127. The van der Waals surface area contributed by atoms with E-state index in [0.717, 1.165) is 22.9 Å². The lowest BCUT2D eigenvalue weighted by Gasteiger charge is -2.12. The monoisotopic (exact) mass is 448 g/mol. The lowest BCUT2D eigenvalue weighted by atomic mass is 10.2. The van der Waals surface area contributed by atoms with Crippen LogP contribution in [0.25, 0.3) is 0 Å². The average Bonchev–Trinajstić information content (AvgIpc) is 2.75. The summed E-state index contributed by atoms with van der Waals surface area (Å²) in [6.45, 7) is 5.39. The number of rotatable bonds is 4. The fourth-order valence-electron chi connectivity index (χ4n) is 2.16. The second-order valence-corrected chi connectivity index (χ2v) is 5.43. The maximum absolute atomic E-state index is 5.78. The van der Waals surface area contributed by atoms with Gasteiger partial charge in [0.05, 0.1) is 5.69 Å². The second kappa shape index (κ2) is 9.07. The van der Waals surface area contributed by atoms with Crippen molar-refractivity contribution in [2.45, 2.75) is 26.9 Å². The molecule has 23 heavy (non-hydrogen) atoms. The van der Waals surface area contributed by atoms with Crippen molar-refractivity contribution in [2.75, 3.05) is 7.05 Å². The van der Waals surface area contributed by atoms with Crippen LogP contribution in [0.1, 0.15) is 22.5 Å². The third kappa shape index (κ3) is 5.35. The molecule has 0 aliphatic rings. The van der Waals surface area contributed by atoms with Gasteiger partial charge in [-0.1, -0.05) is 17.7 Å².